The Morgan fingerprint density at radius 1 is 1.17 bits per heavy atom. The van der Waals surface area contributed by atoms with Gasteiger partial charge in [0.1, 0.15) is 10.5 Å². The molecule has 0 radical (unpaired) electrons. The number of aromatic amines is 1. The third-order valence-electron chi connectivity index (χ3n) is 3.43. The molecule has 0 saturated heterocycles. The van der Waals surface area contributed by atoms with Gasteiger partial charge in [0.25, 0.3) is 0 Å². The summed E-state index contributed by atoms with van der Waals surface area (Å²) < 4.78 is 5.21. The minimum absolute atomic E-state index is 0.392. The average Bonchev–Trinajstić information content (AvgIpc) is 2.59. The molecule has 0 aliphatic rings. The molecule has 6 nitrogen and oxygen atoms in total. The molecule has 3 N–H and O–H groups in total. The molecule has 1 aromatic carbocycles. The van der Waals surface area contributed by atoms with Crippen LogP contribution in [0.3, 0.4) is 0 Å². The number of H-pyrrole nitrogens is 1. The maximum absolute atomic E-state index is 11.6. The molecule has 24 heavy (non-hydrogen) atoms. The van der Waals surface area contributed by atoms with E-state index < -0.39 is 5.97 Å². The number of nitrogens with one attached hydrogen (secondary N) is 1. The summed E-state index contributed by atoms with van der Waals surface area (Å²) in [5.41, 5.74) is 9.65. The molecule has 0 aliphatic carbocycles. The van der Waals surface area contributed by atoms with Crippen LogP contribution in [0, 0.1) is 4.64 Å². The molecular weight excluding hydrogens is 324 g/mol. The fourth-order valence-corrected chi connectivity index (χ4v) is 2.63. The molecule has 0 unspecified atom stereocenters. The van der Waals surface area contributed by atoms with Crippen LogP contribution in [0.5, 0.6) is 0 Å². The van der Waals surface area contributed by atoms with Gasteiger partial charge in [-0.1, -0.05) is 24.4 Å². The molecule has 0 spiro atoms. The van der Waals surface area contributed by atoms with Gasteiger partial charge in [-0.3, -0.25) is 9.98 Å². The molecule has 0 bridgehead atoms. The van der Waals surface area contributed by atoms with Crippen LogP contribution < -0.4 is 5.73 Å². The molecule has 2 rings (SSSR count). The zero-order chi connectivity index (χ0) is 17.7. The van der Waals surface area contributed by atoms with Crippen molar-refractivity contribution in [3.8, 4) is 11.1 Å². The number of pyridine rings is 1. The Balaban J connectivity index is 2.75. The number of aliphatic imine (C=N–C) groups is 2. The van der Waals surface area contributed by atoms with Crippen LogP contribution in [-0.2, 0) is 4.74 Å². The second-order valence-electron chi connectivity index (χ2n) is 4.91. The van der Waals surface area contributed by atoms with Crippen LogP contribution in [0.4, 0.5) is 5.82 Å². The first-order valence-electron chi connectivity index (χ1n) is 7.12. The number of anilines is 1. The minimum Gasteiger partial charge on any atom is -0.465 e. The first-order chi connectivity index (χ1) is 11.5. The van der Waals surface area contributed by atoms with Gasteiger partial charge in [-0.25, -0.2) is 4.79 Å². The number of hydrogen-bond donors (Lipinski definition) is 2. The zero-order valence-corrected chi connectivity index (χ0v) is 14.5. The third-order valence-corrected chi connectivity index (χ3v) is 3.75. The fraction of sp³-hybridized carbons (Fsp3) is 0.176. The number of methoxy groups -OCH3 is 1. The molecule has 1 aromatic heterocycles. The number of carbonyl (C=O) groups excluding carboxylic acids is 1. The van der Waals surface area contributed by atoms with E-state index in [9.17, 15) is 4.79 Å². The lowest BCUT2D eigenvalue weighted by molar-refractivity contribution is 0.0601. The van der Waals surface area contributed by atoms with Crippen LogP contribution >= 0.6 is 12.2 Å². The Kier molecular flexibility index (Phi) is 5.59. The largest absolute Gasteiger partial charge is 0.465 e. The van der Waals surface area contributed by atoms with Crippen LogP contribution in [0.2, 0.25) is 0 Å². The quantitative estimate of drug-likeness (QED) is 0.507. The van der Waals surface area contributed by atoms with Gasteiger partial charge in [-0.2, -0.15) is 0 Å². The Morgan fingerprint density at radius 3 is 2.29 bits per heavy atom. The predicted octanol–water partition coefficient (Wildman–Crippen LogP) is 2.88. The Hall–Kier alpha value is -2.80. The van der Waals surface area contributed by atoms with E-state index >= 15 is 0 Å². The van der Waals surface area contributed by atoms with Gasteiger partial charge in [0.15, 0.2) is 0 Å². The van der Waals surface area contributed by atoms with Crippen molar-refractivity contribution in [2.45, 2.75) is 0 Å². The van der Waals surface area contributed by atoms with Crippen molar-refractivity contribution in [2.24, 2.45) is 9.98 Å². The highest BCUT2D eigenvalue weighted by Crippen LogP contribution is 2.30. The summed E-state index contributed by atoms with van der Waals surface area (Å²) in [7, 11) is 4.68. The van der Waals surface area contributed by atoms with E-state index in [1.807, 2.05) is 12.1 Å². The standard InChI is InChI=1S/C17H18N4O2S/c1-19-8-12-14(13(9-20-2)16(24)21-15(12)18)10-4-6-11(7-5-10)17(22)23-3/h4-9H,1-3H3,(H3,18,21,24). The molecular formula is C17H18N4O2S. The van der Waals surface area contributed by atoms with Gasteiger partial charge in [0.2, 0.25) is 0 Å². The zero-order valence-electron chi connectivity index (χ0n) is 13.7. The lowest BCUT2D eigenvalue weighted by Crippen LogP contribution is -2.06. The molecule has 0 aliphatic heterocycles. The van der Waals surface area contributed by atoms with E-state index in [0.717, 1.165) is 16.7 Å². The first kappa shape index (κ1) is 17.6. The molecule has 0 fully saturated rings. The van der Waals surface area contributed by atoms with E-state index in [1.54, 1.807) is 38.7 Å². The molecule has 1 heterocycles. The molecule has 0 saturated carbocycles. The predicted molar refractivity (Wildman–Crippen MR) is 99.9 cm³/mol. The SMILES string of the molecule is CN=Cc1c(N)[nH]c(=S)c(C=NC)c1-c1ccc(C(=O)OC)cc1. The van der Waals surface area contributed by atoms with Crippen molar-refractivity contribution in [3.63, 3.8) is 0 Å². The molecule has 2 aromatic rings. The summed E-state index contributed by atoms with van der Waals surface area (Å²) in [6.07, 6.45) is 3.34. The average molecular weight is 342 g/mol. The number of nitrogens with zero attached hydrogens (tertiary/aromatic N) is 2. The highest BCUT2D eigenvalue weighted by Gasteiger charge is 2.15. The maximum Gasteiger partial charge on any atom is 0.337 e. The van der Waals surface area contributed by atoms with E-state index in [4.69, 9.17) is 22.7 Å². The van der Waals surface area contributed by atoms with Crippen molar-refractivity contribution >= 4 is 36.4 Å². The van der Waals surface area contributed by atoms with Gasteiger partial charge in [0, 0.05) is 43.2 Å². The Labute approximate surface area is 145 Å². The highest BCUT2D eigenvalue weighted by atomic mass is 32.1. The van der Waals surface area contributed by atoms with Crippen molar-refractivity contribution in [2.75, 3.05) is 26.9 Å². The number of esters is 1. The molecule has 0 amide bonds. The Morgan fingerprint density at radius 2 is 1.75 bits per heavy atom. The Bertz CT molecular complexity index is 867. The van der Waals surface area contributed by atoms with Crippen molar-refractivity contribution < 1.29 is 9.53 Å². The summed E-state index contributed by atoms with van der Waals surface area (Å²) in [5.74, 6) is 0.0306. The summed E-state index contributed by atoms with van der Waals surface area (Å²) in [6.45, 7) is 0. The summed E-state index contributed by atoms with van der Waals surface area (Å²) >= 11 is 5.38. The number of ether oxygens (including phenoxy) is 1. The van der Waals surface area contributed by atoms with Crippen LogP contribution in [0.1, 0.15) is 21.5 Å². The van der Waals surface area contributed by atoms with Crippen LogP contribution in [0.25, 0.3) is 11.1 Å². The number of hydrogen-bond acceptors (Lipinski definition) is 6. The number of rotatable bonds is 4. The molecule has 7 heteroatoms. The van der Waals surface area contributed by atoms with Gasteiger partial charge >= 0.3 is 5.97 Å². The lowest BCUT2D eigenvalue weighted by Gasteiger charge is -2.13. The summed E-state index contributed by atoms with van der Waals surface area (Å²) in [6, 6.07) is 7.01. The minimum atomic E-state index is -0.392. The fourth-order valence-electron chi connectivity index (χ4n) is 2.37. The topological polar surface area (TPSA) is 92.8 Å². The van der Waals surface area contributed by atoms with Crippen molar-refractivity contribution in [3.05, 3.63) is 45.6 Å². The van der Waals surface area contributed by atoms with E-state index in [-0.39, 0.29) is 0 Å². The molecule has 0 atom stereocenters. The van der Waals surface area contributed by atoms with Crippen LogP contribution in [-0.4, -0.2) is 44.6 Å². The van der Waals surface area contributed by atoms with Crippen molar-refractivity contribution in [1.82, 2.24) is 4.98 Å². The van der Waals surface area contributed by atoms with E-state index in [2.05, 4.69) is 15.0 Å². The number of benzene rings is 1. The van der Waals surface area contributed by atoms with Gasteiger partial charge < -0.3 is 15.5 Å². The monoisotopic (exact) mass is 342 g/mol. The maximum atomic E-state index is 11.6. The normalized spacial score (nSPS) is 11.3. The number of nitrogen functional groups attached to an aromatic ring is 1. The molecule has 124 valence electrons. The number of nitrogens with two attached hydrogens (primary N) is 1. The third kappa shape index (κ3) is 3.41. The summed E-state index contributed by atoms with van der Waals surface area (Å²) in [4.78, 5) is 22.7. The number of aromatic nitrogens is 1. The van der Waals surface area contributed by atoms with Gasteiger partial charge in [-0.15, -0.1) is 0 Å². The van der Waals surface area contributed by atoms with E-state index in [1.165, 1.54) is 7.11 Å². The van der Waals surface area contributed by atoms with Gasteiger partial charge in [-0.05, 0) is 17.7 Å². The highest BCUT2D eigenvalue weighted by molar-refractivity contribution is 7.71. The van der Waals surface area contributed by atoms with E-state index in [0.29, 0.717) is 21.6 Å². The lowest BCUT2D eigenvalue weighted by atomic mass is 9.96. The van der Waals surface area contributed by atoms with Gasteiger partial charge in [0.05, 0.1) is 12.7 Å². The number of carbonyl (C=O) groups is 1. The van der Waals surface area contributed by atoms with Crippen LogP contribution in [0.15, 0.2) is 34.3 Å². The van der Waals surface area contributed by atoms with Crippen molar-refractivity contribution in [1.29, 1.82) is 0 Å². The smallest absolute Gasteiger partial charge is 0.337 e. The first-order valence-corrected chi connectivity index (χ1v) is 7.53. The summed E-state index contributed by atoms with van der Waals surface area (Å²) in [5, 5.41) is 0. The second-order valence-corrected chi connectivity index (χ2v) is 5.32. The second kappa shape index (κ2) is 7.65.